The van der Waals surface area contributed by atoms with Crippen LogP contribution in [-0.4, -0.2) is 47.6 Å². The fraction of sp³-hybridized carbons (Fsp3) is 0.846. The van der Waals surface area contributed by atoms with Gasteiger partial charge in [0.2, 0.25) is 5.91 Å². The summed E-state index contributed by atoms with van der Waals surface area (Å²) in [4.78, 5) is 23.4. The first-order chi connectivity index (χ1) is 9.13. The van der Waals surface area contributed by atoms with Crippen LogP contribution in [0.5, 0.6) is 0 Å². The number of hydrogen-bond donors (Lipinski definition) is 3. The average molecular weight is 286 g/mol. The van der Waals surface area contributed by atoms with Gasteiger partial charge in [-0.1, -0.05) is 6.42 Å². The van der Waals surface area contributed by atoms with Crippen molar-refractivity contribution in [2.45, 2.75) is 37.8 Å². The Bertz CT molecular complexity index is 351. The van der Waals surface area contributed by atoms with Crippen LogP contribution in [0.4, 0.5) is 0 Å². The summed E-state index contributed by atoms with van der Waals surface area (Å²) in [7, 11) is 0. The molecule has 1 saturated carbocycles. The van der Waals surface area contributed by atoms with E-state index in [1.807, 2.05) is 6.26 Å². The molecule has 4 unspecified atom stereocenters. The summed E-state index contributed by atoms with van der Waals surface area (Å²) in [5.41, 5.74) is 0. The van der Waals surface area contributed by atoms with E-state index in [4.69, 9.17) is 5.11 Å². The number of aliphatic carboxylic acids is 1. The second-order valence-corrected chi connectivity index (χ2v) is 6.41. The molecule has 1 aliphatic carbocycles. The summed E-state index contributed by atoms with van der Waals surface area (Å²) in [5, 5.41) is 15.1. The van der Waals surface area contributed by atoms with Gasteiger partial charge in [0, 0.05) is 0 Å². The number of fused-ring (bicyclic) bond motifs is 1. The van der Waals surface area contributed by atoms with Crippen LogP contribution in [0, 0.1) is 11.8 Å². The average Bonchev–Trinajstić information content (AvgIpc) is 2.95. The van der Waals surface area contributed by atoms with Crippen molar-refractivity contribution in [2.75, 3.05) is 18.6 Å². The molecule has 1 saturated heterocycles. The first kappa shape index (κ1) is 14.7. The Morgan fingerprint density at radius 1 is 1.47 bits per heavy atom. The minimum atomic E-state index is -0.941. The number of thioether (sulfide) groups is 1. The second-order valence-electron chi connectivity index (χ2n) is 5.42. The summed E-state index contributed by atoms with van der Waals surface area (Å²) in [5.74, 6) is 0.660. The van der Waals surface area contributed by atoms with Crippen molar-refractivity contribution in [3.8, 4) is 0 Å². The Hall–Kier alpha value is -0.750. The minimum Gasteiger partial charge on any atom is -0.480 e. The molecule has 3 N–H and O–H groups in total. The molecule has 2 fully saturated rings. The molecule has 19 heavy (non-hydrogen) atoms. The van der Waals surface area contributed by atoms with E-state index in [0.29, 0.717) is 18.3 Å². The van der Waals surface area contributed by atoms with Gasteiger partial charge in [-0.2, -0.15) is 11.8 Å². The molecule has 0 aromatic carbocycles. The topological polar surface area (TPSA) is 78.4 Å². The molecule has 2 aliphatic rings. The van der Waals surface area contributed by atoms with Gasteiger partial charge < -0.3 is 15.7 Å². The third kappa shape index (κ3) is 3.42. The van der Waals surface area contributed by atoms with Gasteiger partial charge in [0.15, 0.2) is 0 Å². The molecule has 4 atom stereocenters. The van der Waals surface area contributed by atoms with Crippen molar-refractivity contribution in [3.05, 3.63) is 0 Å². The summed E-state index contributed by atoms with van der Waals surface area (Å²) < 4.78 is 0. The van der Waals surface area contributed by atoms with E-state index < -0.39 is 12.0 Å². The van der Waals surface area contributed by atoms with Crippen molar-refractivity contribution in [3.63, 3.8) is 0 Å². The molecule has 0 spiro atoms. The number of carbonyl (C=O) groups is 2. The molecule has 2 rings (SSSR count). The van der Waals surface area contributed by atoms with E-state index >= 15 is 0 Å². The second kappa shape index (κ2) is 6.61. The van der Waals surface area contributed by atoms with Gasteiger partial charge in [-0.3, -0.25) is 4.79 Å². The van der Waals surface area contributed by atoms with Gasteiger partial charge in [0.25, 0.3) is 0 Å². The number of carboxylic acids is 1. The third-order valence-electron chi connectivity index (χ3n) is 4.25. The standard InChI is InChI=1S/C13H22N2O3S/c1-19-6-5-10(13(17)18)15-12(16)11-9-4-2-3-8(9)7-14-11/h8-11,14H,2-7H2,1H3,(H,15,16)(H,17,18). The number of hydrogen-bond acceptors (Lipinski definition) is 4. The fourth-order valence-electron chi connectivity index (χ4n) is 3.23. The number of nitrogens with one attached hydrogen (secondary N) is 2. The maximum absolute atomic E-state index is 12.2. The van der Waals surface area contributed by atoms with E-state index in [9.17, 15) is 9.59 Å². The number of carboxylic acid groups (broad SMARTS) is 1. The van der Waals surface area contributed by atoms with Crippen LogP contribution in [0.2, 0.25) is 0 Å². The van der Waals surface area contributed by atoms with E-state index in [1.54, 1.807) is 11.8 Å². The summed E-state index contributed by atoms with van der Waals surface area (Å²) in [6, 6.07) is -0.953. The Balaban J connectivity index is 1.90. The van der Waals surface area contributed by atoms with Crippen LogP contribution in [0.3, 0.4) is 0 Å². The molecule has 0 aromatic heterocycles. The molecule has 0 radical (unpaired) electrons. The summed E-state index contributed by atoms with van der Waals surface area (Å²) in [6.45, 7) is 0.894. The molecule has 1 amide bonds. The molecule has 0 aromatic rings. The maximum atomic E-state index is 12.2. The first-order valence-corrected chi connectivity index (χ1v) is 8.28. The van der Waals surface area contributed by atoms with Crippen LogP contribution in [0.1, 0.15) is 25.7 Å². The lowest BCUT2D eigenvalue weighted by Crippen LogP contribution is -2.50. The Morgan fingerprint density at radius 2 is 2.26 bits per heavy atom. The molecule has 108 valence electrons. The molecule has 0 bridgehead atoms. The van der Waals surface area contributed by atoms with E-state index in [-0.39, 0.29) is 11.9 Å². The zero-order chi connectivity index (χ0) is 13.8. The molecular formula is C13H22N2O3S. The van der Waals surface area contributed by atoms with Gasteiger partial charge in [0.1, 0.15) is 6.04 Å². The van der Waals surface area contributed by atoms with Gasteiger partial charge in [0.05, 0.1) is 6.04 Å². The SMILES string of the molecule is CSCCC(NC(=O)C1NCC2CCCC21)C(=O)O. The highest BCUT2D eigenvalue weighted by molar-refractivity contribution is 7.98. The van der Waals surface area contributed by atoms with Crippen molar-refractivity contribution in [1.29, 1.82) is 0 Å². The fourth-order valence-corrected chi connectivity index (χ4v) is 3.70. The third-order valence-corrected chi connectivity index (χ3v) is 4.90. The van der Waals surface area contributed by atoms with E-state index in [2.05, 4.69) is 10.6 Å². The van der Waals surface area contributed by atoms with Crippen molar-refractivity contribution >= 4 is 23.6 Å². The zero-order valence-electron chi connectivity index (χ0n) is 11.2. The Kier molecular flexibility index (Phi) is 5.10. The van der Waals surface area contributed by atoms with E-state index in [0.717, 1.165) is 18.7 Å². The normalized spacial score (nSPS) is 30.9. The lowest BCUT2D eigenvalue weighted by atomic mass is 9.93. The molecule has 1 heterocycles. The van der Waals surface area contributed by atoms with Gasteiger partial charge in [-0.05, 0) is 49.7 Å². The van der Waals surface area contributed by atoms with Crippen LogP contribution in [0.15, 0.2) is 0 Å². The van der Waals surface area contributed by atoms with Crippen molar-refractivity contribution in [1.82, 2.24) is 10.6 Å². The van der Waals surface area contributed by atoms with Crippen LogP contribution in [0.25, 0.3) is 0 Å². The highest BCUT2D eigenvalue weighted by atomic mass is 32.2. The van der Waals surface area contributed by atoms with Crippen molar-refractivity contribution < 1.29 is 14.7 Å². The quantitative estimate of drug-likeness (QED) is 0.670. The lowest BCUT2D eigenvalue weighted by molar-refractivity contribution is -0.142. The largest absolute Gasteiger partial charge is 0.480 e. The predicted octanol–water partition coefficient (Wildman–Crippen LogP) is 0.697. The first-order valence-electron chi connectivity index (χ1n) is 6.89. The highest BCUT2D eigenvalue weighted by Crippen LogP contribution is 2.37. The lowest BCUT2D eigenvalue weighted by Gasteiger charge is -2.21. The predicted molar refractivity (Wildman–Crippen MR) is 75.2 cm³/mol. The number of carbonyl (C=O) groups excluding carboxylic acids is 1. The van der Waals surface area contributed by atoms with Crippen LogP contribution >= 0.6 is 11.8 Å². The Morgan fingerprint density at radius 3 is 2.95 bits per heavy atom. The number of rotatable bonds is 6. The molecular weight excluding hydrogens is 264 g/mol. The van der Waals surface area contributed by atoms with Crippen molar-refractivity contribution in [2.24, 2.45) is 11.8 Å². The minimum absolute atomic E-state index is 0.136. The van der Waals surface area contributed by atoms with Gasteiger partial charge in [-0.15, -0.1) is 0 Å². The van der Waals surface area contributed by atoms with Gasteiger partial charge >= 0.3 is 5.97 Å². The zero-order valence-corrected chi connectivity index (χ0v) is 12.0. The smallest absolute Gasteiger partial charge is 0.326 e. The molecule has 5 nitrogen and oxygen atoms in total. The Labute approximate surface area is 117 Å². The monoisotopic (exact) mass is 286 g/mol. The van der Waals surface area contributed by atoms with Crippen LogP contribution < -0.4 is 10.6 Å². The molecule has 6 heteroatoms. The summed E-state index contributed by atoms with van der Waals surface area (Å²) >= 11 is 1.59. The van der Waals surface area contributed by atoms with E-state index in [1.165, 1.54) is 12.8 Å². The highest BCUT2D eigenvalue weighted by Gasteiger charge is 2.42. The van der Waals surface area contributed by atoms with Crippen LogP contribution in [-0.2, 0) is 9.59 Å². The maximum Gasteiger partial charge on any atom is 0.326 e. The molecule has 1 aliphatic heterocycles. The number of amides is 1. The van der Waals surface area contributed by atoms with Gasteiger partial charge in [-0.25, -0.2) is 4.79 Å². The summed E-state index contributed by atoms with van der Waals surface area (Å²) in [6.07, 6.45) is 5.87.